The summed E-state index contributed by atoms with van der Waals surface area (Å²) in [5.74, 6) is 0.711. The van der Waals surface area contributed by atoms with Crippen molar-refractivity contribution in [2.45, 2.75) is 39.5 Å². The van der Waals surface area contributed by atoms with E-state index in [-0.39, 0.29) is 6.03 Å². The minimum Gasteiger partial charge on any atom is -0.338 e. The Morgan fingerprint density at radius 2 is 1.83 bits per heavy atom. The first-order valence-corrected chi connectivity index (χ1v) is 6.90. The first-order chi connectivity index (χ1) is 8.74. The number of hydrogen-bond acceptors (Lipinski definition) is 1. The van der Waals surface area contributed by atoms with E-state index in [4.69, 9.17) is 0 Å². The molecule has 0 saturated heterocycles. The van der Waals surface area contributed by atoms with E-state index >= 15 is 0 Å². The third-order valence-corrected chi connectivity index (χ3v) is 3.49. The lowest BCUT2D eigenvalue weighted by Gasteiger charge is -2.14. The van der Waals surface area contributed by atoms with E-state index in [1.165, 1.54) is 24.0 Å². The van der Waals surface area contributed by atoms with E-state index in [1.54, 1.807) is 0 Å². The van der Waals surface area contributed by atoms with Crippen LogP contribution < -0.4 is 10.6 Å². The van der Waals surface area contributed by atoms with E-state index in [0.29, 0.717) is 5.92 Å². The van der Waals surface area contributed by atoms with Crippen molar-refractivity contribution >= 4 is 11.7 Å². The molecule has 1 fully saturated rings. The van der Waals surface area contributed by atoms with E-state index in [9.17, 15) is 4.79 Å². The summed E-state index contributed by atoms with van der Waals surface area (Å²) in [5.41, 5.74) is 3.41. The molecular weight excluding hydrogens is 224 g/mol. The maximum atomic E-state index is 11.9. The van der Waals surface area contributed by atoms with E-state index in [0.717, 1.165) is 25.1 Å². The van der Waals surface area contributed by atoms with Crippen molar-refractivity contribution in [1.82, 2.24) is 5.32 Å². The molecule has 0 bridgehead atoms. The molecule has 0 atom stereocenters. The van der Waals surface area contributed by atoms with Gasteiger partial charge in [-0.25, -0.2) is 4.79 Å². The number of hydrogen-bond donors (Lipinski definition) is 2. The van der Waals surface area contributed by atoms with Crippen LogP contribution in [0, 0.1) is 5.92 Å². The molecule has 2 rings (SSSR count). The van der Waals surface area contributed by atoms with Gasteiger partial charge < -0.3 is 10.6 Å². The van der Waals surface area contributed by atoms with Gasteiger partial charge in [0.1, 0.15) is 0 Å². The number of carbonyl (C=O) groups excluding carboxylic acids is 1. The summed E-state index contributed by atoms with van der Waals surface area (Å²) in [6.07, 6.45) is 4.39. The fraction of sp³-hybridized carbons (Fsp3) is 0.533. The van der Waals surface area contributed by atoms with Crippen LogP contribution >= 0.6 is 0 Å². The molecular formula is C15H22N2O. The second-order valence-electron chi connectivity index (χ2n) is 4.94. The summed E-state index contributed by atoms with van der Waals surface area (Å²) < 4.78 is 0. The van der Waals surface area contributed by atoms with E-state index < -0.39 is 0 Å². The molecule has 0 aliphatic heterocycles. The highest BCUT2D eigenvalue weighted by Crippen LogP contribution is 2.27. The van der Waals surface area contributed by atoms with Gasteiger partial charge in [0, 0.05) is 12.2 Å². The van der Waals surface area contributed by atoms with Crippen LogP contribution in [0.1, 0.15) is 37.8 Å². The summed E-state index contributed by atoms with van der Waals surface area (Å²) in [6.45, 7) is 5.03. The van der Waals surface area contributed by atoms with E-state index in [1.807, 2.05) is 0 Å². The highest BCUT2D eigenvalue weighted by Gasteiger charge is 2.21. The van der Waals surface area contributed by atoms with Crippen LogP contribution in [0.25, 0.3) is 0 Å². The van der Waals surface area contributed by atoms with Crippen molar-refractivity contribution < 1.29 is 4.79 Å². The van der Waals surface area contributed by atoms with Gasteiger partial charge in [0.25, 0.3) is 0 Å². The molecule has 0 unspecified atom stereocenters. The Hall–Kier alpha value is -1.51. The van der Waals surface area contributed by atoms with Crippen LogP contribution in [0.5, 0.6) is 0 Å². The Kier molecular flexibility index (Phi) is 4.24. The maximum absolute atomic E-state index is 11.9. The lowest BCUT2D eigenvalue weighted by molar-refractivity contribution is 0.251. The largest absolute Gasteiger partial charge is 0.338 e. The zero-order valence-corrected chi connectivity index (χ0v) is 11.3. The van der Waals surface area contributed by atoms with Crippen LogP contribution in [0.4, 0.5) is 10.5 Å². The first-order valence-electron chi connectivity index (χ1n) is 6.90. The van der Waals surface area contributed by atoms with Crippen LogP contribution in [-0.4, -0.2) is 12.6 Å². The fourth-order valence-corrected chi connectivity index (χ4v) is 2.12. The molecule has 1 saturated carbocycles. The summed E-state index contributed by atoms with van der Waals surface area (Å²) in [4.78, 5) is 11.9. The first kappa shape index (κ1) is 12.9. The highest BCUT2D eigenvalue weighted by atomic mass is 16.2. The number of nitrogens with one attached hydrogen (secondary N) is 2. The van der Waals surface area contributed by atoms with Crippen LogP contribution in [0.15, 0.2) is 18.2 Å². The van der Waals surface area contributed by atoms with Gasteiger partial charge in [0.2, 0.25) is 0 Å². The normalized spacial score (nSPS) is 14.3. The van der Waals surface area contributed by atoms with Crippen LogP contribution in [0.2, 0.25) is 0 Å². The second kappa shape index (κ2) is 5.89. The van der Waals surface area contributed by atoms with Crippen molar-refractivity contribution in [3.8, 4) is 0 Å². The summed E-state index contributed by atoms with van der Waals surface area (Å²) in [6, 6.07) is 6.15. The minimum absolute atomic E-state index is 0.0718. The quantitative estimate of drug-likeness (QED) is 0.822. The topological polar surface area (TPSA) is 41.1 Å². The molecule has 0 spiro atoms. The van der Waals surface area contributed by atoms with Gasteiger partial charge in [-0.05, 0) is 42.7 Å². The standard InChI is InChI=1S/C15H22N2O/c1-3-12-6-5-7-13(4-2)14(12)17-15(18)16-10-11-8-9-11/h5-7,11H,3-4,8-10H2,1-2H3,(H2,16,17,18). The molecule has 1 aromatic rings. The fourth-order valence-electron chi connectivity index (χ4n) is 2.12. The van der Waals surface area contributed by atoms with Crippen molar-refractivity contribution in [1.29, 1.82) is 0 Å². The number of aryl methyl sites for hydroxylation is 2. The number of carbonyl (C=O) groups is 1. The van der Waals surface area contributed by atoms with Crippen molar-refractivity contribution in [2.24, 2.45) is 5.92 Å². The molecule has 0 aromatic heterocycles. The van der Waals surface area contributed by atoms with Crippen molar-refractivity contribution in [2.75, 3.05) is 11.9 Å². The number of benzene rings is 1. The number of rotatable bonds is 5. The average Bonchev–Trinajstić information content (AvgIpc) is 3.20. The van der Waals surface area contributed by atoms with Crippen molar-refractivity contribution in [3.05, 3.63) is 29.3 Å². The minimum atomic E-state index is -0.0718. The molecule has 1 aromatic carbocycles. The summed E-state index contributed by atoms with van der Waals surface area (Å²) >= 11 is 0. The Balaban J connectivity index is 2.03. The maximum Gasteiger partial charge on any atom is 0.319 e. The summed E-state index contributed by atoms with van der Waals surface area (Å²) in [7, 11) is 0. The molecule has 98 valence electrons. The highest BCUT2D eigenvalue weighted by molar-refractivity contribution is 5.91. The predicted molar refractivity (Wildman–Crippen MR) is 74.9 cm³/mol. The second-order valence-corrected chi connectivity index (χ2v) is 4.94. The molecule has 18 heavy (non-hydrogen) atoms. The third kappa shape index (κ3) is 3.25. The Morgan fingerprint density at radius 1 is 1.22 bits per heavy atom. The van der Waals surface area contributed by atoms with Crippen LogP contribution in [0.3, 0.4) is 0 Å². The van der Waals surface area contributed by atoms with E-state index in [2.05, 4.69) is 42.7 Å². The average molecular weight is 246 g/mol. The molecule has 1 aliphatic rings. The molecule has 0 radical (unpaired) electrons. The predicted octanol–water partition coefficient (Wildman–Crippen LogP) is 3.34. The van der Waals surface area contributed by atoms with Gasteiger partial charge in [-0.15, -0.1) is 0 Å². The number of amides is 2. The Labute approximate surface area is 109 Å². The van der Waals surface area contributed by atoms with Crippen LogP contribution in [-0.2, 0) is 12.8 Å². The molecule has 3 heteroatoms. The molecule has 2 N–H and O–H groups in total. The smallest absolute Gasteiger partial charge is 0.319 e. The zero-order chi connectivity index (χ0) is 13.0. The number of anilines is 1. The zero-order valence-electron chi connectivity index (χ0n) is 11.3. The van der Waals surface area contributed by atoms with Gasteiger partial charge >= 0.3 is 6.03 Å². The number of urea groups is 1. The lowest BCUT2D eigenvalue weighted by Crippen LogP contribution is -2.31. The monoisotopic (exact) mass is 246 g/mol. The number of para-hydroxylation sites is 1. The SMILES string of the molecule is CCc1cccc(CC)c1NC(=O)NCC1CC1. The summed E-state index contributed by atoms with van der Waals surface area (Å²) in [5, 5.41) is 5.96. The van der Waals surface area contributed by atoms with Gasteiger partial charge in [0.15, 0.2) is 0 Å². The van der Waals surface area contributed by atoms with Gasteiger partial charge in [-0.1, -0.05) is 32.0 Å². The molecule has 3 nitrogen and oxygen atoms in total. The lowest BCUT2D eigenvalue weighted by atomic mass is 10.0. The molecule has 0 heterocycles. The Morgan fingerprint density at radius 3 is 2.33 bits per heavy atom. The molecule has 1 aliphatic carbocycles. The van der Waals surface area contributed by atoms with Gasteiger partial charge in [-0.2, -0.15) is 0 Å². The Bertz CT molecular complexity index is 402. The van der Waals surface area contributed by atoms with Crippen molar-refractivity contribution in [3.63, 3.8) is 0 Å². The van der Waals surface area contributed by atoms with Gasteiger partial charge in [0.05, 0.1) is 0 Å². The van der Waals surface area contributed by atoms with Gasteiger partial charge in [-0.3, -0.25) is 0 Å². The third-order valence-electron chi connectivity index (χ3n) is 3.49. The molecule has 2 amide bonds.